The van der Waals surface area contributed by atoms with Gasteiger partial charge in [-0.25, -0.2) is 9.78 Å². The number of aryl methyl sites for hydroxylation is 2. The lowest BCUT2D eigenvalue weighted by Gasteiger charge is -2.17. The van der Waals surface area contributed by atoms with E-state index in [-0.39, 0.29) is 17.9 Å². The maximum absolute atomic E-state index is 11.3. The zero-order valence-corrected chi connectivity index (χ0v) is 11.3. The first-order chi connectivity index (χ1) is 9.11. The Labute approximate surface area is 115 Å². The fourth-order valence-corrected chi connectivity index (χ4v) is 3.04. The van der Waals surface area contributed by atoms with Gasteiger partial charge in [0.25, 0.3) is 0 Å². The van der Waals surface area contributed by atoms with Crippen LogP contribution in [0.2, 0.25) is 0 Å². The molecule has 5 nitrogen and oxygen atoms in total. The van der Waals surface area contributed by atoms with E-state index in [1.807, 2.05) is 0 Å². The fraction of sp³-hybridized carbons (Fsp3) is 0.538. The highest BCUT2D eigenvalue weighted by molar-refractivity contribution is 7.99. The smallest absolute Gasteiger partial charge is 0.338 e. The van der Waals surface area contributed by atoms with Gasteiger partial charge in [0.05, 0.1) is 18.3 Å². The molecule has 1 aliphatic rings. The number of pyridine rings is 1. The quantitative estimate of drug-likeness (QED) is 0.701. The molecule has 1 heterocycles. The minimum atomic E-state index is -0.998. The minimum absolute atomic E-state index is 0.191. The largest absolute Gasteiger partial charge is 0.478 e. The van der Waals surface area contributed by atoms with Crippen molar-refractivity contribution < 1.29 is 20.1 Å². The third-order valence-corrected chi connectivity index (χ3v) is 4.26. The number of carbonyl (C=O) groups is 1. The predicted molar refractivity (Wildman–Crippen MR) is 71.7 cm³/mol. The standard InChI is InChI=1S/C13H17NO4S/c15-6-9(16)7-19-12-10(13(17)18)5-8-3-1-2-4-11(8)14-12/h5,9,15-16H,1-4,6-7H2,(H,17,18). The number of hydrogen-bond acceptors (Lipinski definition) is 5. The molecule has 1 aliphatic carbocycles. The van der Waals surface area contributed by atoms with E-state index in [0.717, 1.165) is 36.9 Å². The Kier molecular flexibility index (Phi) is 4.79. The van der Waals surface area contributed by atoms with E-state index in [9.17, 15) is 15.0 Å². The number of thioether (sulfide) groups is 1. The Bertz CT molecular complexity index is 478. The van der Waals surface area contributed by atoms with Crippen LogP contribution in [-0.2, 0) is 12.8 Å². The van der Waals surface area contributed by atoms with E-state index in [2.05, 4.69) is 4.98 Å². The Morgan fingerprint density at radius 3 is 2.84 bits per heavy atom. The molecule has 0 aromatic carbocycles. The van der Waals surface area contributed by atoms with Crippen LogP contribution < -0.4 is 0 Å². The highest BCUT2D eigenvalue weighted by atomic mass is 32.2. The molecular formula is C13H17NO4S. The van der Waals surface area contributed by atoms with Gasteiger partial charge in [0.15, 0.2) is 0 Å². The topological polar surface area (TPSA) is 90.7 Å². The molecule has 1 aromatic heterocycles. The zero-order valence-electron chi connectivity index (χ0n) is 10.5. The average Bonchev–Trinajstić information content (AvgIpc) is 2.43. The van der Waals surface area contributed by atoms with Crippen molar-refractivity contribution >= 4 is 17.7 Å². The molecule has 0 saturated heterocycles. The molecule has 2 rings (SSSR count). The van der Waals surface area contributed by atoms with Crippen LogP contribution in [-0.4, -0.2) is 44.7 Å². The van der Waals surface area contributed by atoms with Crippen LogP contribution in [0.4, 0.5) is 0 Å². The summed E-state index contributed by atoms with van der Waals surface area (Å²) in [6, 6.07) is 1.71. The van der Waals surface area contributed by atoms with Gasteiger partial charge in [-0.05, 0) is 37.3 Å². The third kappa shape index (κ3) is 3.46. The van der Waals surface area contributed by atoms with Crippen molar-refractivity contribution in [2.45, 2.75) is 36.8 Å². The van der Waals surface area contributed by atoms with E-state index in [4.69, 9.17) is 5.11 Å². The van der Waals surface area contributed by atoms with Crippen molar-refractivity contribution in [3.8, 4) is 0 Å². The summed E-state index contributed by atoms with van der Waals surface area (Å²) in [6.45, 7) is -0.333. The molecule has 1 aromatic rings. The van der Waals surface area contributed by atoms with E-state index in [1.165, 1.54) is 11.8 Å². The second-order valence-corrected chi connectivity index (χ2v) is 5.62. The van der Waals surface area contributed by atoms with Crippen molar-refractivity contribution in [2.24, 2.45) is 0 Å². The van der Waals surface area contributed by atoms with E-state index >= 15 is 0 Å². The number of aliphatic hydroxyl groups excluding tert-OH is 2. The first-order valence-corrected chi connectivity index (χ1v) is 7.28. The number of hydrogen-bond donors (Lipinski definition) is 3. The van der Waals surface area contributed by atoms with Gasteiger partial charge in [0, 0.05) is 11.4 Å². The number of aromatic carboxylic acids is 1. The van der Waals surface area contributed by atoms with Crippen LogP contribution in [0.15, 0.2) is 11.1 Å². The molecule has 1 unspecified atom stereocenters. The minimum Gasteiger partial charge on any atom is -0.478 e. The number of rotatable bonds is 5. The molecule has 1 atom stereocenters. The molecular weight excluding hydrogens is 266 g/mol. The lowest BCUT2D eigenvalue weighted by atomic mass is 9.95. The number of aliphatic hydroxyl groups is 2. The Morgan fingerprint density at radius 1 is 1.42 bits per heavy atom. The van der Waals surface area contributed by atoms with E-state index in [0.29, 0.717) is 5.03 Å². The van der Waals surface area contributed by atoms with Gasteiger partial charge >= 0.3 is 5.97 Å². The third-order valence-electron chi connectivity index (χ3n) is 3.12. The average molecular weight is 283 g/mol. The first kappa shape index (κ1) is 14.3. The van der Waals surface area contributed by atoms with Crippen LogP contribution in [0.25, 0.3) is 0 Å². The number of fused-ring (bicyclic) bond motifs is 1. The molecule has 0 saturated carbocycles. The van der Waals surface area contributed by atoms with Crippen molar-refractivity contribution in [1.82, 2.24) is 4.98 Å². The highest BCUT2D eigenvalue weighted by Gasteiger charge is 2.19. The van der Waals surface area contributed by atoms with Crippen molar-refractivity contribution in [3.05, 3.63) is 22.9 Å². The summed E-state index contributed by atoms with van der Waals surface area (Å²) < 4.78 is 0. The molecule has 0 fully saturated rings. The molecule has 0 amide bonds. The van der Waals surface area contributed by atoms with Gasteiger partial charge in [-0.1, -0.05) is 0 Å². The second kappa shape index (κ2) is 6.36. The number of aromatic nitrogens is 1. The number of carboxylic acid groups (broad SMARTS) is 1. The molecule has 0 spiro atoms. The van der Waals surface area contributed by atoms with Gasteiger partial charge in [-0.3, -0.25) is 0 Å². The summed E-state index contributed by atoms with van der Waals surface area (Å²) in [7, 11) is 0. The van der Waals surface area contributed by atoms with Crippen molar-refractivity contribution in [3.63, 3.8) is 0 Å². The maximum Gasteiger partial charge on any atom is 0.338 e. The van der Waals surface area contributed by atoms with Gasteiger partial charge in [-0.2, -0.15) is 0 Å². The summed E-state index contributed by atoms with van der Waals surface area (Å²) in [5.74, 6) is -0.760. The normalized spacial score (nSPS) is 15.9. The molecule has 104 valence electrons. The molecule has 6 heteroatoms. The zero-order chi connectivity index (χ0) is 13.8. The second-order valence-electron chi connectivity index (χ2n) is 4.61. The lowest BCUT2D eigenvalue weighted by Crippen LogP contribution is -2.16. The highest BCUT2D eigenvalue weighted by Crippen LogP contribution is 2.28. The number of carboxylic acids is 1. The SMILES string of the molecule is O=C(O)c1cc2c(nc1SCC(O)CO)CCCC2. The summed E-state index contributed by atoms with van der Waals surface area (Å²) in [6.07, 6.45) is 3.06. The van der Waals surface area contributed by atoms with Crippen molar-refractivity contribution in [1.29, 1.82) is 0 Å². The summed E-state index contributed by atoms with van der Waals surface area (Å²) in [5, 5.41) is 27.8. The lowest BCUT2D eigenvalue weighted by molar-refractivity contribution is 0.0692. The molecule has 0 radical (unpaired) electrons. The monoisotopic (exact) mass is 283 g/mol. The fourth-order valence-electron chi connectivity index (χ4n) is 2.11. The Hall–Kier alpha value is -1.11. The molecule has 0 bridgehead atoms. The molecule has 0 aliphatic heterocycles. The van der Waals surface area contributed by atoms with Gasteiger partial charge in [-0.15, -0.1) is 11.8 Å². The summed E-state index contributed by atoms with van der Waals surface area (Å²) >= 11 is 1.18. The van der Waals surface area contributed by atoms with Crippen LogP contribution in [0.1, 0.15) is 34.5 Å². The first-order valence-electron chi connectivity index (χ1n) is 6.29. The van der Waals surface area contributed by atoms with Gasteiger partial charge in [0.2, 0.25) is 0 Å². The summed E-state index contributed by atoms with van der Waals surface area (Å²) in [4.78, 5) is 15.7. The molecule has 3 N–H and O–H groups in total. The summed E-state index contributed by atoms with van der Waals surface area (Å²) in [5.41, 5.74) is 2.18. The van der Waals surface area contributed by atoms with Crippen LogP contribution in [0.3, 0.4) is 0 Å². The van der Waals surface area contributed by atoms with Gasteiger partial charge in [0.1, 0.15) is 5.03 Å². The van der Waals surface area contributed by atoms with Crippen LogP contribution >= 0.6 is 11.8 Å². The van der Waals surface area contributed by atoms with Crippen LogP contribution in [0, 0.1) is 0 Å². The van der Waals surface area contributed by atoms with E-state index in [1.54, 1.807) is 6.07 Å². The van der Waals surface area contributed by atoms with Crippen LogP contribution in [0.5, 0.6) is 0 Å². The number of nitrogens with zero attached hydrogens (tertiary/aromatic N) is 1. The van der Waals surface area contributed by atoms with E-state index < -0.39 is 12.1 Å². The Balaban J connectivity index is 2.26. The Morgan fingerprint density at radius 2 is 2.16 bits per heavy atom. The molecule has 19 heavy (non-hydrogen) atoms. The van der Waals surface area contributed by atoms with Crippen molar-refractivity contribution in [2.75, 3.05) is 12.4 Å². The maximum atomic E-state index is 11.3. The van der Waals surface area contributed by atoms with Gasteiger partial charge < -0.3 is 15.3 Å². The predicted octanol–water partition coefficient (Wildman–Crippen LogP) is 1.10.